The minimum Gasteiger partial charge on any atom is -0.550 e. The predicted octanol–water partition coefficient (Wildman–Crippen LogP) is 5.20. The van der Waals surface area contributed by atoms with E-state index in [-0.39, 0.29) is 17.4 Å². The molecule has 0 saturated heterocycles. The number of carbonyl (C=O) groups is 3. The van der Waals surface area contributed by atoms with Crippen molar-refractivity contribution in [1.82, 2.24) is 0 Å². The summed E-state index contributed by atoms with van der Waals surface area (Å²) in [5, 5.41) is 32.8. The molecule has 219 valence electrons. The first-order chi connectivity index (χ1) is 16.9. The maximum atomic E-state index is 10.9. The van der Waals surface area contributed by atoms with Crippen LogP contribution in [0, 0.1) is 16.2 Å². The number of aliphatic carboxylic acids is 3. The van der Waals surface area contributed by atoms with E-state index < -0.39 is 34.2 Å². The number of carboxylic acids is 3. The Kier molecular flexibility index (Phi) is 27.9. The molecule has 0 bridgehead atoms. The van der Waals surface area contributed by atoms with Crippen LogP contribution in [0.5, 0.6) is 0 Å². The molecule has 0 N–H and O–H groups in total. The summed E-state index contributed by atoms with van der Waals surface area (Å²) in [6, 6.07) is 0. The molecular weight excluding hydrogens is 508 g/mol. The third-order valence-electron chi connectivity index (χ3n) is 7.70. The monoisotopic (exact) mass is 565 g/mol. The van der Waals surface area contributed by atoms with E-state index >= 15 is 0 Å². The molecule has 0 rings (SSSR count). The van der Waals surface area contributed by atoms with E-state index in [2.05, 4.69) is 0 Å². The molecule has 6 nitrogen and oxygen atoms in total. The van der Waals surface area contributed by atoms with Crippen LogP contribution in [0.25, 0.3) is 0 Å². The molecule has 0 spiro atoms. The number of carboxylic acid groups (broad SMARTS) is 3. The molecule has 7 heteroatoms. The van der Waals surface area contributed by atoms with E-state index in [1.165, 1.54) is 0 Å². The first-order valence-corrected chi connectivity index (χ1v) is 14.5. The quantitative estimate of drug-likeness (QED) is 0.225. The zero-order chi connectivity index (χ0) is 28.8. The first-order valence-electron chi connectivity index (χ1n) is 14.5. The normalized spacial score (nSPS) is 11.3. The zero-order valence-electron chi connectivity index (χ0n) is 25.5. The molecule has 0 aliphatic heterocycles. The fraction of sp³-hybridized carbons (Fsp3) is 0.900. The van der Waals surface area contributed by atoms with E-state index in [0.717, 1.165) is 77.0 Å². The topological polar surface area (TPSA) is 120 Å². The van der Waals surface area contributed by atoms with E-state index in [9.17, 15) is 29.7 Å². The Hall–Kier alpha value is -1.06. The maximum absolute atomic E-state index is 10.9. The summed E-state index contributed by atoms with van der Waals surface area (Å²) in [6.07, 6.45) is 12.1. The van der Waals surface area contributed by atoms with Gasteiger partial charge in [0.15, 0.2) is 0 Å². The predicted molar refractivity (Wildman–Crippen MR) is 143 cm³/mol. The standard InChI is InChI=1S/3C10H20O2.Cr/c3*1-4-7-10(6-3,8-5-2)9(11)12;/h3*4-8H2,1-3H3,(H,11,12);/q;;;+3/p-3. The summed E-state index contributed by atoms with van der Waals surface area (Å²) in [5.74, 6) is -2.60. The Morgan fingerprint density at radius 3 is 0.595 bits per heavy atom. The van der Waals surface area contributed by atoms with Gasteiger partial charge in [-0.15, -0.1) is 0 Å². The first kappa shape index (κ1) is 43.0. The van der Waals surface area contributed by atoms with Crippen LogP contribution in [-0.2, 0) is 31.7 Å². The average molecular weight is 566 g/mol. The van der Waals surface area contributed by atoms with Gasteiger partial charge in [-0.05, 0) is 57.8 Å². The van der Waals surface area contributed by atoms with Gasteiger partial charge < -0.3 is 29.7 Å². The molecule has 0 aromatic rings. The molecular formula is C30H57CrO6. The van der Waals surface area contributed by atoms with Gasteiger partial charge in [0.1, 0.15) is 0 Å². The second-order valence-corrected chi connectivity index (χ2v) is 10.3. The minimum atomic E-state index is -0.867. The zero-order valence-corrected chi connectivity index (χ0v) is 26.7. The molecule has 0 aliphatic carbocycles. The fourth-order valence-electron chi connectivity index (χ4n) is 5.35. The van der Waals surface area contributed by atoms with E-state index in [0.29, 0.717) is 19.3 Å². The van der Waals surface area contributed by atoms with Gasteiger partial charge >= 0.3 is 17.4 Å². The van der Waals surface area contributed by atoms with Gasteiger partial charge in [0.25, 0.3) is 0 Å². The molecule has 37 heavy (non-hydrogen) atoms. The van der Waals surface area contributed by atoms with Crippen molar-refractivity contribution in [3.05, 3.63) is 0 Å². The van der Waals surface area contributed by atoms with Crippen molar-refractivity contribution >= 4 is 17.9 Å². The summed E-state index contributed by atoms with van der Waals surface area (Å²) in [4.78, 5) is 32.8. The summed E-state index contributed by atoms with van der Waals surface area (Å²) < 4.78 is 0. The molecule has 0 amide bonds. The van der Waals surface area contributed by atoms with Crippen LogP contribution < -0.4 is 15.3 Å². The van der Waals surface area contributed by atoms with Crippen molar-refractivity contribution in [3.63, 3.8) is 0 Å². The molecule has 0 unspecified atom stereocenters. The third-order valence-corrected chi connectivity index (χ3v) is 7.70. The van der Waals surface area contributed by atoms with Crippen LogP contribution in [0.3, 0.4) is 0 Å². The van der Waals surface area contributed by atoms with Crippen LogP contribution in [0.15, 0.2) is 0 Å². The van der Waals surface area contributed by atoms with E-state index in [4.69, 9.17) is 0 Å². The number of carbonyl (C=O) groups excluding carboxylic acids is 3. The van der Waals surface area contributed by atoms with E-state index in [1.54, 1.807) is 0 Å². The Bertz CT molecular complexity index is 492. The van der Waals surface area contributed by atoms with Crippen LogP contribution >= 0.6 is 0 Å². The Balaban J connectivity index is -0.000000218. The Morgan fingerprint density at radius 2 is 0.541 bits per heavy atom. The van der Waals surface area contributed by atoms with Crippen molar-refractivity contribution in [2.75, 3.05) is 0 Å². The second-order valence-electron chi connectivity index (χ2n) is 10.3. The Labute approximate surface area is 239 Å². The SMILES string of the molecule is CCCC(CC)(CCC)C(=O)[O-].CCCC(CC)(CCC)C(=O)[O-].CCCC(CC)(CCC)C(=O)[O-].[Cr+3]. The average Bonchev–Trinajstić information content (AvgIpc) is 2.83. The summed E-state index contributed by atoms with van der Waals surface area (Å²) in [7, 11) is 0. The van der Waals surface area contributed by atoms with Crippen molar-refractivity contribution < 1.29 is 47.1 Å². The number of hydrogen-bond acceptors (Lipinski definition) is 6. The molecule has 1 radical (unpaired) electrons. The number of hydrogen-bond donors (Lipinski definition) is 0. The molecule has 0 saturated carbocycles. The summed E-state index contributed by atoms with van der Waals surface area (Å²) >= 11 is 0. The van der Waals surface area contributed by atoms with Gasteiger partial charge in [-0.1, -0.05) is 101 Å². The van der Waals surface area contributed by atoms with Crippen molar-refractivity contribution in [2.24, 2.45) is 16.2 Å². The van der Waals surface area contributed by atoms with Gasteiger partial charge in [0, 0.05) is 34.2 Å². The van der Waals surface area contributed by atoms with Gasteiger partial charge in [-0.25, -0.2) is 0 Å². The minimum absolute atomic E-state index is 0. The third kappa shape index (κ3) is 15.2. The van der Waals surface area contributed by atoms with Crippen molar-refractivity contribution in [1.29, 1.82) is 0 Å². The van der Waals surface area contributed by atoms with Gasteiger partial charge in [0.05, 0.1) is 0 Å². The van der Waals surface area contributed by atoms with Crippen LogP contribution in [0.2, 0.25) is 0 Å². The Morgan fingerprint density at radius 1 is 0.405 bits per heavy atom. The molecule has 0 atom stereocenters. The molecule has 0 fully saturated rings. The maximum Gasteiger partial charge on any atom is 3.00 e. The molecule has 0 heterocycles. The van der Waals surface area contributed by atoms with Gasteiger partial charge in [-0.2, -0.15) is 0 Å². The van der Waals surface area contributed by atoms with Crippen LogP contribution in [-0.4, -0.2) is 17.9 Å². The molecule has 0 aromatic carbocycles. The van der Waals surface area contributed by atoms with Crippen LogP contribution in [0.4, 0.5) is 0 Å². The summed E-state index contributed by atoms with van der Waals surface area (Å²) in [6.45, 7) is 17.9. The molecule has 0 aromatic heterocycles. The largest absolute Gasteiger partial charge is 3.00 e. The van der Waals surface area contributed by atoms with E-state index in [1.807, 2.05) is 62.3 Å². The smallest absolute Gasteiger partial charge is 0.550 e. The van der Waals surface area contributed by atoms with Gasteiger partial charge in [-0.3, -0.25) is 0 Å². The van der Waals surface area contributed by atoms with Crippen molar-refractivity contribution in [2.45, 2.75) is 159 Å². The van der Waals surface area contributed by atoms with Gasteiger partial charge in [0.2, 0.25) is 0 Å². The second kappa shape index (κ2) is 24.0. The summed E-state index contributed by atoms with van der Waals surface area (Å²) in [5.41, 5.74) is -1.66. The fourth-order valence-corrected chi connectivity index (χ4v) is 5.35. The van der Waals surface area contributed by atoms with Crippen LogP contribution in [0.1, 0.15) is 159 Å². The van der Waals surface area contributed by atoms with Crippen molar-refractivity contribution in [3.8, 4) is 0 Å². The molecule has 0 aliphatic rings. The number of rotatable bonds is 18.